The molecule has 1 aliphatic heterocycles. The third-order valence-electron chi connectivity index (χ3n) is 10.7. The molecule has 1 aromatic carbocycles. The summed E-state index contributed by atoms with van der Waals surface area (Å²) in [6.45, 7) is 5.71. The van der Waals surface area contributed by atoms with Gasteiger partial charge in [-0.2, -0.15) is 5.10 Å². The number of nitrogens with zero attached hydrogens (tertiary/aromatic N) is 7. The van der Waals surface area contributed by atoms with Crippen LogP contribution in [0.4, 0.5) is 21.9 Å². The molecule has 12 heteroatoms. The summed E-state index contributed by atoms with van der Waals surface area (Å²) in [4.78, 5) is 24.5. The SMILES string of the molecule is Cc1c(Nc2nc3ccccc3s2)nnc2c1CCN2c1nc(C(=O)O)c(-c2cnn(CC34CC5CC(CC(C5)C3)C4)c2C)s1. The van der Waals surface area contributed by atoms with Crippen LogP contribution in [-0.4, -0.2) is 47.6 Å². The third-order valence-corrected chi connectivity index (χ3v) is 12.8. The van der Waals surface area contributed by atoms with Crippen molar-refractivity contribution < 1.29 is 9.90 Å². The van der Waals surface area contributed by atoms with Crippen LogP contribution in [0, 0.1) is 37.0 Å². The highest BCUT2D eigenvalue weighted by atomic mass is 32.1. The number of hydrogen-bond acceptors (Lipinski definition) is 10. The van der Waals surface area contributed by atoms with Crippen molar-refractivity contribution >= 4 is 60.8 Å². The average Bonchev–Trinajstić information content (AvgIpc) is 3.79. The van der Waals surface area contributed by atoms with Gasteiger partial charge in [0.2, 0.25) is 0 Å². The summed E-state index contributed by atoms with van der Waals surface area (Å²) in [5, 5.41) is 28.9. The first kappa shape index (κ1) is 27.4. The van der Waals surface area contributed by atoms with E-state index in [0.717, 1.165) is 74.3 Å². The molecule has 4 saturated carbocycles. The summed E-state index contributed by atoms with van der Waals surface area (Å²) in [5.74, 6) is 3.02. The fraction of sp³-hybridized carbons (Fsp3) is 0.455. The molecule has 0 radical (unpaired) electrons. The second kappa shape index (κ2) is 10.1. The van der Waals surface area contributed by atoms with Gasteiger partial charge in [-0.15, -0.1) is 10.2 Å². The van der Waals surface area contributed by atoms with Crippen LogP contribution in [0.5, 0.6) is 0 Å². The lowest BCUT2D eigenvalue weighted by Crippen LogP contribution is -2.48. The number of benzene rings is 1. The number of para-hydroxylation sites is 1. The van der Waals surface area contributed by atoms with Gasteiger partial charge >= 0.3 is 5.97 Å². The van der Waals surface area contributed by atoms with Crippen molar-refractivity contribution in [3.05, 3.63) is 53.0 Å². The molecule has 230 valence electrons. The number of nitrogens with one attached hydrogen (secondary N) is 1. The predicted octanol–water partition coefficient (Wildman–Crippen LogP) is 7.38. The van der Waals surface area contributed by atoms with E-state index in [1.54, 1.807) is 11.3 Å². The standard InChI is InChI=1S/C33H34N8O2S2/c1-17-22-7-8-40(29(22)39-38-28(17)37-31-35-24-5-3-4-6-25(24)44-31)32-36-26(30(42)43)27(45-32)23-15-34-41(18(23)2)16-33-12-19-9-20(13-33)11-21(10-19)14-33/h3-6,15,19-21H,7-14,16H2,1-2H3,(H,42,43)(H,35,37,38). The molecule has 10 rings (SSSR count). The van der Waals surface area contributed by atoms with Gasteiger partial charge in [0.25, 0.3) is 0 Å². The molecule has 0 atom stereocenters. The summed E-state index contributed by atoms with van der Waals surface area (Å²) in [6.07, 6.45) is 10.8. The smallest absolute Gasteiger partial charge is 0.356 e. The quantitative estimate of drug-likeness (QED) is 0.188. The van der Waals surface area contributed by atoms with Crippen molar-refractivity contribution in [1.29, 1.82) is 0 Å². The molecule has 10 nitrogen and oxygen atoms in total. The van der Waals surface area contributed by atoms with Crippen LogP contribution in [0.3, 0.4) is 0 Å². The Morgan fingerprint density at radius 3 is 2.53 bits per heavy atom. The molecule has 5 aliphatic rings. The zero-order valence-corrected chi connectivity index (χ0v) is 26.9. The Morgan fingerprint density at radius 2 is 1.80 bits per heavy atom. The van der Waals surface area contributed by atoms with Gasteiger partial charge in [-0.3, -0.25) is 4.68 Å². The Hall–Kier alpha value is -3.90. The van der Waals surface area contributed by atoms with Crippen LogP contribution in [-0.2, 0) is 13.0 Å². The number of carbonyl (C=O) groups is 1. The van der Waals surface area contributed by atoms with Crippen molar-refractivity contribution in [2.24, 2.45) is 23.2 Å². The Bertz CT molecular complexity index is 1930. The highest BCUT2D eigenvalue weighted by Crippen LogP contribution is 2.60. The topological polar surface area (TPSA) is 122 Å². The van der Waals surface area contributed by atoms with Crippen LogP contribution < -0.4 is 10.2 Å². The minimum Gasteiger partial charge on any atom is -0.476 e. The number of fused-ring (bicyclic) bond motifs is 2. The molecule has 5 heterocycles. The maximum Gasteiger partial charge on any atom is 0.356 e. The summed E-state index contributed by atoms with van der Waals surface area (Å²) >= 11 is 2.99. The van der Waals surface area contributed by atoms with Crippen molar-refractivity contribution in [3.63, 3.8) is 0 Å². The normalized spacial score (nSPS) is 24.9. The lowest BCUT2D eigenvalue weighted by atomic mass is 9.49. The fourth-order valence-electron chi connectivity index (χ4n) is 9.10. The monoisotopic (exact) mass is 638 g/mol. The molecule has 0 saturated heterocycles. The number of aromatic carboxylic acids is 1. The maximum atomic E-state index is 12.5. The second-order valence-electron chi connectivity index (χ2n) is 13.7. The molecule has 4 bridgehead atoms. The number of carboxylic acid groups (broad SMARTS) is 1. The van der Waals surface area contributed by atoms with Gasteiger partial charge in [-0.1, -0.05) is 34.8 Å². The van der Waals surface area contributed by atoms with Gasteiger partial charge in [-0.25, -0.2) is 14.8 Å². The molecule has 4 aromatic heterocycles. The highest BCUT2D eigenvalue weighted by Gasteiger charge is 2.51. The molecule has 0 unspecified atom stereocenters. The van der Waals surface area contributed by atoms with Gasteiger partial charge in [0, 0.05) is 35.5 Å². The first-order valence-electron chi connectivity index (χ1n) is 15.9. The van der Waals surface area contributed by atoms with Gasteiger partial charge in [0.05, 0.1) is 21.3 Å². The Balaban J connectivity index is 1.00. The average molecular weight is 639 g/mol. The van der Waals surface area contributed by atoms with Gasteiger partial charge in [0.15, 0.2) is 27.6 Å². The third kappa shape index (κ3) is 4.47. The minimum atomic E-state index is -1.03. The van der Waals surface area contributed by atoms with Crippen LogP contribution in [0.1, 0.15) is 65.8 Å². The lowest BCUT2D eigenvalue weighted by molar-refractivity contribution is -0.0638. The van der Waals surface area contributed by atoms with Crippen LogP contribution in [0.2, 0.25) is 0 Å². The van der Waals surface area contributed by atoms with E-state index in [1.165, 1.54) is 49.9 Å². The summed E-state index contributed by atoms with van der Waals surface area (Å²) < 4.78 is 3.26. The zero-order valence-electron chi connectivity index (χ0n) is 25.3. The molecular weight excluding hydrogens is 605 g/mol. The maximum absolute atomic E-state index is 12.5. The van der Waals surface area contributed by atoms with Gasteiger partial charge < -0.3 is 15.3 Å². The number of thiazole rings is 2. The highest BCUT2D eigenvalue weighted by molar-refractivity contribution is 7.22. The number of rotatable bonds is 7. The van der Waals surface area contributed by atoms with Crippen LogP contribution in [0.25, 0.3) is 20.7 Å². The summed E-state index contributed by atoms with van der Waals surface area (Å²) in [7, 11) is 0. The number of hydrogen-bond donors (Lipinski definition) is 2. The van der Waals surface area contributed by atoms with E-state index in [2.05, 4.69) is 43.2 Å². The molecule has 0 spiro atoms. The molecule has 45 heavy (non-hydrogen) atoms. The Morgan fingerprint density at radius 1 is 1.04 bits per heavy atom. The van der Waals surface area contributed by atoms with E-state index in [0.29, 0.717) is 27.8 Å². The summed E-state index contributed by atoms with van der Waals surface area (Å²) in [5.41, 5.74) is 5.34. The van der Waals surface area contributed by atoms with Gasteiger partial charge in [-0.05, 0) is 94.1 Å². The van der Waals surface area contributed by atoms with E-state index in [-0.39, 0.29) is 5.69 Å². The van der Waals surface area contributed by atoms with Crippen molar-refractivity contribution in [2.75, 3.05) is 16.8 Å². The number of carboxylic acids is 1. The van der Waals surface area contributed by atoms with E-state index in [4.69, 9.17) is 5.10 Å². The Labute approximate surface area is 268 Å². The lowest BCUT2D eigenvalue weighted by Gasteiger charge is -2.56. The minimum absolute atomic E-state index is 0.0692. The van der Waals surface area contributed by atoms with E-state index < -0.39 is 5.97 Å². The van der Waals surface area contributed by atoms with E-state index in [9.17, 15) is 9.90 Å². The number of aromatic nitrogens is 6. The number of anilines is 4. The van der Waals surface area contributed by atoms with Crippen molar-refractivity contribution in [1.82, 2.24) is 29.9 Å². The molecule has 5 aromatic rings. The van der Waals surface area contributed by atoms with E-state index in [1.807, 2.05) is 36.2 Å². The molecule has 4 aliphatic carbocycles. The molecule has 0 amide bonds. The molecule has 2 N–H and O–H groups in total. The largest absolute Gasteiger partial charge is 0.476 e. The van der Waals surface area contributed by atoms with Crippen LogP contribution in [0.15, 0.2) is 30.5 Å². The second-order valence-corrected chi connectivity index (χ2v) is 15.7. The van der Waals surface area contributed by atoms with E-state index >= 15 is 0 Å². The van der Waals surface area contributed by atoms with Gasteiger partial charge in [0.1, 0.15) is 0 Å². The van der Waals surface area contributed by atoms with Crippen molar-refractivity contribution in [3.8, 4) is 10.4 Å². The fourth-order valence-corrected chi connectivity index (χ4v) is 11.1. The first-order valence-corrected chi connectivity index (χ1v) is 17.5. The summed E-state index contributed by atoms with van der Waals surface area (Å²) in [6, 6.07) is 8.05. The van der Waals surface area contributed by atoms with Crippen LogP contribution >= 0.6 is 22.7 Å². The molecule has 4 fully saturated rings. The zero-order chi connectivity index (χ0) is 30.4. The van der Waals surface area contributed by atoms with Crippen molar-refractivity contribution in [2.45, 2.75) is 65.3 Å². The molecular formula is C33H34N8O2S2. The Kier molecular flexibility index (Phi) is 6.12. The first-order chi connectivity index (χ1) is 21.8. The predicted molar refractivity (Wildman–Crippen MR) is 176 cm³/mol.